The lowest BCUT2D eigenvalue weighted by molar-refractivity contribution is 1.57. The van der Waals surface area contributed by atoms with Crippen LogP contribution in [0.25, 0.3) is 21.5 Å². The molecule has 5 aromatic carbocycles. The molecule has 1 aliphatic heterocycles. The van der Waals surface area contributed by atoms with Crippen LogP contribution in [0.15, 0.2) is 152 Å². The molecule has 1 heterocycles. The summed E-state index contributed by atoms with van der Waals surface area (Å²) in [5.41, 5.74) is 10.3. The smallest absolute Gasteiger partial charge is 0.162 e. The van der Waals surface area contributed by atoms with E-state index in [2.05, 4.69) is 152 Å². The monoisotopic (exact) mass is 476 g/mol. The van der Waals surface area contributed by atoms with Crippen LogP contribution in [-0.2, 0) is 0 Å². The molecule has 0 fully saturated rings. The van der Waals surface area contributed by atoms with E-state index in [0.717, 1.165) is 0 Å². The van der Waals surface area contributed by atoms with E-state index in [-0.39, 0.29) is 5.99 Å². The van der Waals surface area contributed by atoms with Crippen LogP contribution in [0.4, 0.5) is 0 Å². The van der Waals surface area contributed by atoms with Crippen molar-refractivity contribution in [2.24, 2.45) is 0 Å². The van der Waals surface area contributed by atoms with Crippen LogP contribution in [0.5, 0.6) is 0 Å². The summed E-state index contributed by atoms with van der Waals surface area (Å²) in [6.07, 6.45) is 0. The zero-order valence-electron chi connectivity index (χ0n) is 19.9. The highest BCUT2D eigenvalue weighted by Gasteiger charge is 2.36. The van der Waals surface area contributed by atoms with Gasteiger partial charge in [-0.05, 0) is 33.3 Å². The minimum atomic E-state index is 0.159. The van der Waals surface area contributed by atoms with Gasteiger partial charge in [0, 0.05) is 10.5 Å². The first-order valence-electron chi connectivity index (χ1n) is 12.3. The topological polar surface area (TPSA) is 0 Å². The van der Waals surface area contributed by atoms with Gasteiger partial charge in [0.2, 0.25) is 0 Å². The van der Waals surface area contributed by atoms with Gasteiger partial charge < -0.3 is 0 Å². The largest absolute Gasteiger partial charge is 0.282 e. The van der Waals surface area contributed by atoms with Crippen molar-refractivity contribution < 1.29 is 0 Å². The van der Waals surface area contributed by atoms with Crippen molar-refractivity contribution in [3.8, 4) is 0 Å². The molecular formula is C34H25BS. The maximum atomic E-state index is 2.26. The molecule has 0 bridgehead atoms. The molecule has 0 unspecified atom stereocenters. The Morgan fingerprint density at radius 3 is 1.25 bits per heavy atom. The number of benzene rings is 5. The minimum Gasteiger partial charge on any atom is -0.162 e. The van der Waals surface area contributed by atoms with E-state index in [4.69, 9.17) is 0 Å². The van der Waals surface area contributed by atoms with E-state index in [1.165, 1.54) is 49.2 Å². The summed E-state index contributed by atoms with van der Waals surface area (Å²) in [6, 6.07) is 54.5. The first kappa shape index (κ1) is 22.5. The molecule has 0 amide bonds. The van der Waals surface area contributed by atoms with Gasteiger partial charge in [-0.1, -0.05) is 157 Å². The summed E-state index contributed by atoms with van der Waals surface area (Å²) >= 11 is 1.96. The first-order chi connectivity index (χ1) is 17.9. The second kappa shape index (κ2) is 10.3. The third-order valence-electron chi connectivity index (χ3n) is 6.59. The number of rotatable bonds is 5. The van der Waals surface area contributed by atoms with E-state index in [1.807, 2.05) is 11.6 Å². The second-order valence-electron chi connectivity index (χ2n) is 8.87. The number of allylic oxidation sites excluding steroid dienone is 2. The molecular weight excluding hydrogens is 451 g/mol. The van der Waals surface area contributed by atoms with Gasteiger partial charge >= 0.3 is 0 Å². The van der Waals surface area contributed by atoms with Crippen LogP contribution in [-0.4, -0.2) is 5.99 Å². The van der Waals surface area contributed by atoms with Gasteiger partial charge in [-0.3, -0.25) is 0 Å². The van der Waals surface area contributed by atoms with Crippen LogP contribution in [0.1, 0.15) is 22.3 Å². The summed E-state index contributed by atoms with van der Waals surface area (Å²) in [5.74, 6) is 0.159. The summed E-state index contributed by atoms with van der Waals surface area (Å²) < 4.78 is 0. The average Bonchev–Trinajstić information content (AvgIpc) is 2.98. The fourth-order valence-corrected chi connectivity index (χ4v) is 6.49. The van der Waals surface area contributed by atoms with Crippen LogP contribution in [0.3, 0.4) is 0 Å². The average molecular weight is 476 g/mol. The fourth-order valence-electron chi connectivity index (χ4n) is 4.98. The van der Waals surface area contributed by atoms with Crippen molar-refractivity contribution in [3.63, 3.8) is 0 Å². The predicted molar refractivity (Wildman–Crippen MR) is 159 cm³/mol. The lowest BCUT2D eigenvalue weighted by Gasteiger charge is -2.32. The predicted octanol–water partition coefficient (Wildman–Crippen LogP) is 8.35. The maximum Gasteiger partial charge on any atom is 0.282 e. The number of hydrogen-bond donors (Lipinski definition) is 0. The summed E-state index contributed by atoms with van der Waals surface area (Å²) in [5, 5.41) is 0. The standard InChI is InChI=1S/C34H25BS/c1-6-16-26(17-7-1)31-32(27-18-8-2-9-19-27)34(29-22-12-4-13-23-29)36-35(30-24-14-5-15-25-30)33(31)28-20-10-3-11-21-28/h1-25H. The van der Waals surface area contributed by atoms with Crippen LogP contribution in [0, 0.1) is 0 Å². The van der Waals surface area contributed by atoms with Crippen molar-refractivity contribution in [2.75, 3.05) is 0 Å². The molecule has 0 aliphatic carbocycles. The molecule has 2 heteroatoms. The molecule has 0 saturated heterocycles. The third kappa shape index (κ3) is 4.37. The molecule has 0 aromatic heterocycles. The van der Waals surface area contributed by atoms with Crippen LogP contribution >= 0.6 is 11.6 Å². The van der Waals surface area contributed by atoms with E-state index < -0.39 is 0 Å². The Hall–Kier alpha value is -4.01. The van der Waals surface area contributed by atoms with E-state index in [0.29, 0.717) is 0 Å². The Morgan fingerprint density at radius 1 is 0.361 bits per heavy atom. The van der Waals surface area contributed by atoms with E-state index in [1.54, 1.807) is 0 Å². The Bertz CT molecular complexity index is 1510. The van der Waals surface area contributed by atoms with E-state index in [9.17, 15) is 0 Å². The fraction of sp³-hybridized carbons (Fsp3) is 0. The molecule has 36 heavy (non-hydrogen) atoms. The Kier molecular flexibility index (Phi) is 6.43. The van der Waals surface area contributed by atoms with Gasteiger partial charge in [0.05, 0.1) is 0 Å². The van der Waals surface area contributed by atoms with Crippen LogP contribution in [0.2, 0.25) is 0 Å². The highest BCUT2D eigenvalue weighted by molar-refractivity contribution is 8.35. The van der Waals surface area contributed by atoms with E-state index >= 15 is 0 Å². The van der Waals surface area contributed by atoms with Gasteiger partial charge in [-0.25, -0.2) is 0 Å². The van der Waals surface area contributed by atoms with Gasteiger partial charge in [0.15, 0.2) is 0 Å². The molecule has 0 nitrogen and oxygen atoms in total. The molecule has 0 atom stereocenters. The van der Waals surface area contributed by atoms with Crippen molar-refractivity contribution >= 4 is 44.6 Å². The maximum absolute atomic E-state index is 2.26. The van der Waals surface area contributed by atoms with Crippen molar-refractivity contribution in [3.05, 3.63) is 174 Å². The lowest BCUT2D eigenvalue weighted by Crippen LogP contribution is -2.31. The highest BCUT2D eigenvalue weighted by atomic mass is 32.2. The summed E-state index contributed by atoms with van der Waals surface area (Å²) in [6.45, 7) is 0. The lowest BCUT2D eigenvalue weighted by atomic mass is 9.56. The first-order valence-corrected chi connectivity index (χ1v) is 13.2. The molecule has 0 spiro atoms. The second-order valence-corrected chi connectivity index (χ2v) is 9.98. The molecule has 5 aromatic rings. The van der Waals surface area contributed by atoms with Crippen molar-refractivity contribution in [1.29, 1.82) is 0 Å². The van der Waals surface area contributed by atoms with Gasteiger partial charge in [-0.15, -0.1) is 0 Å². The molecule has 0 radical (unpaired) electrons. The van der Waals surface area contributed by atoms with Crippen molar-refractivity contribution in [2.45, 2.75) is 0 Å². The summed E-state index contributed by atoms with van der Waals surface area (Å²) in [4.78, 5) is 1.31. The summed E-state index contributed by atoms with van der Waals surface area (Å²) in [7, 11) is 0. The zero-order chi connectivity index (χ0) is 24.2. The number of hydrogen-bond acceptors (Lipinski definition) is 1. The highest BCUT2D eigenvalue weighted by Crippen LogP contribution is 2.52. The van der Waals surface area contributed by atoms with Crippen LogP contribution < -0.4 is 5.46 Å². The third-order valence-corrected chi connectivity index (χ3v) is 8.01. The Labute approximate surface area is 218 Å². The Morgan fingerprint density at radius 2 is 0.750 bits per heavy atom. The zero-order valence-corrected chi connectivity index (χ0v) is 20.7. The van der Waals surface area contributed by atoms with Gasteiger partial charge in [0.25, 0.3) is 5.99 Å². The molecule has 1 aliphatic rings. The normalized spacial score (nSPS) is 13.7. The Balaban J connectivity index is 1.76. The van der Waals surface area contributed by atoms with Gasteiger partial charge in [-0.2, -0.15) is 11.6 Å². The SMILES string of the molecule is c1ccc(B2SC(c3ccccc3)=C(c3ccccc3)C(c3ccccc3)=C2c2ccccc2)cc1. The quantitative estimate of drug-likeness (QED) is 0.230. The minimum absolute atomic E-state index is 0.159. The van der Waals surface area contributed by atoms with Crippen molar-refractivity contribution in [1.82, 2.24) is 0 Å². The molecule has 6 rings (SSSR count). The molecule has 0 N–H and O–H groups in total. The molecule has 0 saturated carbocycles. The van der Waals surface area contributed by atoms with Gasteiger partial charge in [0.1, 0.15) is 0 Å². The molecule has 170 valence electrons.